The van der Waals surface area contributed by atoms with E-state index in [2.05, 4.69) is 6.58 Å². The monoisotopic (exact) mass is 264 g/mol. The number of rotatable bonds is 2. The summed E-state index contributed by atoms with van der Waals surface area (Å²) in [6.45, 7) is 9.20. The standard InChI is InChI=1S/C15H20O4/c1-7(2)13(16)18-10-6-8-5-9(10)12-11(8)14(17)19-15(12,3)4/h8-12H,1,5-6H2,2-4H3. The third-order valence-corrected chi connectivity index (χ3v) is 4.99. The molecule has 104 valence electrons. The number of cyclic esters (lactones) is 1. The Bertz CT molecular complexity index is 465. The SMILES string of the molecule is C=C(C)C(=O)OC1CC2CC1C1C2C(=O)OC1(C)C. The summed E-state index contributed by atoms with van der Waals surface area (Å²) in [5, 5.41) is 0. The molecule has 0 N–H and O–H groups in total. The second kappa shape index (κ2) is 3.84. The molecule has 1 heterocycles. The van der Waals surface area contributed by atoms with Gasteiger partial charge in [0.15, 0.2) is 0 Å². The fourth-order valence-electron chi connectivity index (χ4n) is 4.36. The minimum absolute atomic E-state index is 0.0137. The molecule has 4 nitrogen and oxygen atoms in total. The molecule has 0 radical (unpaired) electrons. The van der Waals surface area contributed by atoms with E-state index in [1.165, 1.54) is 0 Å². The molecule has 0 spiro atoms. The van der Waals surface area contributed by atoms with Crippen LogP contribution in [0.4, 0.5) is 0 Å². The zero-order valence-electron chi connectivity index (χ0n) is 11.6. The van der Waals surface area contributed by atoms with Crippen LogP contribution >= 0.6 is 0 Å². The van der Waals surface area contributed by atoms with E-state index >= 15 is 0 Å². The lowest BCUT2D eigenvalue weighted by molar-refractivity contribution is -0.151. The predicted molar refractivity (Wildman–Crippen MR) is 68.1 cm³/mol. The van der Waals surface area contributed by atoms with E-state index in [9.17, 15) is 9.59 Å². The van der Waals surface area contributed by atoms with Crippen LogP contribution in [0.1, 0.15) is 33.6 Å². The van der Waals surface area contributed by atoms with E-state index in [0.29, 0.717) is 11.5 Å². The van der Waals surface area contributed by atoms with E-state index in [1.807, 2.05) is 13.8 Å². The van der Waals surface area contributed by atoms with Gasteiger partial charge in [-0.2, -0.15) is 0 Å². The van der Waals surface area contributed by atoms with Gasteiger partial charge in [0.2, 0.25) is 0 Å². The number of hydrogen-bond acceptors (Lipinski definition) is 4. The fraction of sp³-hybridized carbons (Fsp3) is 0.733. The quantitative estimate of drug-likeness (QED) is 0.566. The van der Waals surface area contributed by atoms with Gasteiger partial charge in [0.25, 0.3) is 0 Å². The van der Waals surface area contributed by atoms with Crippen molar-refractivity contribution in [3.63, 3.8) is 0 Å². The molecule has 19 heavy (non-hydrogen) atoms. The van der Waals surface area contributed by atoms with Gasteiger partial charge in [0.1, 0.15) is 11.7 Å². The summed E-state index contributed by atoms with van der Waals surface area (Å²) >= 11 is 0. The molecule has 0 aromatic rings. The van der Waals surface area contributed by atoms with E-state index in [4.69, 9.17) is 9.47 Å². The fourth-order valence-corrected chi connectivity index (χ4v) is 4.36. The highest BCUT2D eigenvalue weighted by molar-refractivity contribution is 5.87. The second-order valence-electron chi connectivity index (χ2n) is 6.70. The summed E-state index contributed by atoms with van der Waals surface area (Å²) < 4.78 is 11.0. The van der Waals surface area contributed by atoms with Crippen molar-refractivity contribution in [2.75, 3.05) is 0 Å². The van der Waals surface area contributed by atoms with Crippen molar-refractivity contribution in [1.29, 1.82) is 0 Å². The maximum Gasteiger partial charge on any atom is 0.333 e. The molecule has 2 bridgehead atoms. The number of hydrogen-bond donors (Lipinski definition) is 0. The van der Waals surface area contributed by atoms with Crippen LogP contribution in [0.2, 0.25) is 0 Å². The average molecular weight is 264 g/mol. The Labute approximate surface area is 113 Å². The van der Waals surface area contributed by atoms with Crippen molar-refractivity contribution < 1.29 is 19.1 Å². The summed E-state index contributed by atoms with van der Waals surface area (Å²) in [7, 11) is 0. The zero-order valence-corrected chi connectivity index (χ0v) is 11.6. The first-order valence-corrected chi connectivity index (χ1v) is 6.90. The molecule has 3 rings (SSSR count). The number of carbonyl (C=O) groups excluding carboxylic acids is 2. The Hall–Kier alpha value is -1.32. The Kier molecular flexibility index (Phi) is 2.57. The number of esters is 2. The van der Waals surface area contributed by atoms with E-state index in [-0.39, 0.29) is 35.8 Å². The van der Waals surface area contributed by atoms with Crippen LogP contribution in [-0.2, 0) is 19.1 Å². The van der Waals surface area contributed by atoms with Gasteiger partial charge in [-0.3, -0.25) is 4.79 Å². The number of carbonyl (C=O) groups is 2. The van der Waals surface area contributed by atoms with Crippen molar-refractivity contribution in [3.8, 4) is 0 Å². The van der Waals surface area contributed by atoms with Gasteiger partial charge in [-0.25, -0.2) is 4.79 Å². The normalized spacial score (nSPS) is 41.8. The minimum atomic E-state index is -0.435. The van der Waals surface area contributed by atoms with Gasteiger partial charge >= 0.3 is 11.9 Å². The highest BCUT2D eigenvalue weighted by Crippen LogP contribution is 2.60. The Balaban J connectivity index is 1.80. The summed E-state index contributed by atoms with van der Waals surface area (Å²) in [4.78, 5) is 23.6. The summed E-state index contributed by atoms with van der Waals surface area (Å²) in [5.41, 5.74) is -0.00697. The lowest BCUT2D eigenvalue weighted by Gasteiger charge is -2.34. The molecule has 0 aromatic carbocycles. The third kappa shape index (κ3) is 1.72. The molecule has 0 aromatic heterocycles. The van der Waals surface area contributed by atoms with Crippen molar-refractivity contribution in [2.45, 2.75) is 45.3 Å². The van der Waals surface area contributed by atoms with Gasteiger partial charge in [-0.1, -0.05) is 6.58 Å². The molecule has 1 aliphatic heterocycles. The molecule has 5 atom stereocenters. The maximum atomic E-state index is 12.0. The highest BCUT2D eigenvalue weighted by atomic mass is 16.6. The first kappa shape index (κ1) is 12.7. The second-order valence-corrected chi connectivity index (χ2v) is 6.70. The molecule has 4 heteroatoms. The lowest BCUT2D eigenvalue weighted by Crippen LogP contribution is -2.41. The minimum Gasteiger partial charge on any atom is -0.459 e. The highest BCUT2D eigenvalue weighted by Gasteiger charge is 2.66. The van der Waals surface area contributed by atoms with Crippen LogP contribution in [-0.4, -0.2) is 23.6 Å². The van der Waals surface area contributed by atoms with E-state index < -0.39 is 5.60 Å². The molecule has 1 saturated heterocycles. The molecular formula is C15H20O4. The van der Waals surface area contributed by atoms with E-state index in [1.54, 1.807) is 6.92 Å². The van der Waals surface area contributed by atoms with Crippen molar-refractivity contribution in [3.05, 3.63) is 12.2 Å². The van der Waals surface area contributed by atoms with Crippen molar-refractivity contribution in [2.24, 2.45) is 23.7 Å². The molecule has 3 aliphatic rings. The molecule has 0 amide bonds. The van der Waals surface area contributed by atoms with Crippen molar-refractivity contribution in [1.82, 2.24) is 0 Å². The van der Waals surface area contributed by atoms with Crippen LogP contribution in [0.5, 0.6) is 0 Å². The van der Waals surface area contributed by atoms with Crippen LogP contribution in [0.15, 0.2) is 12.2 Å². The third-order valence-electron chi connectivity index (χ3n) is 4.99. The van der Waals surface area contributed by atoms with Crippen LogP contribution in [0, 0.1) is 23.7 Å². The number of fused-ring (bicyclic) bond motifs is 5. The summed E-state index contributed by atoms with van der Waals surface area (Å²) in [5.74, 6) is 0.373. The van der Waals surface area contributed by atoms with Gasteiger partial charge < -0.3 is 9.47 Å². The summed E-state index contributed by atoms with van der Waals surface area (Å²) in [6.07, 6.45) is 1.68. The molecule has 3 fully saturated rings. The van der Waals surface area contributed by atoms with Gasteiger partial charge in [-0.05, 0) is 39.5 Å². The van der Waals surface area contributed by atoms with Crippen molar-refractivity contribution >= 4 is 11.9 Å². The molecule has 2 saturated carbocycles. The Morgan fingerprint density at radius 3 is 2.74 bits per heavy atom. The van der Waals surface area contributed by atoms with Gasteiger partial charge in [0, 0.05) is 17.4 Å². The topological polar surface area (TPSA) is 52.6 Å². The smallest absolute Gasteiger partial charge is 0.333 e. The van der Waals surface area contributed by atoms with Crippen LogP contribution < -0.4 is 0 Å². The number of ether oxygens (including phenoxy) is 2. The zero-order chi connectivity index (χ0) is 13.9. The van der Waals surface area contributed by atoms with Crippen LogP contribution in [0.3, 0.4) is 0 Å². The Morgan fingerprint density at radius 2 is 2.11 bits per heavy atom. The Morgan fingerprint density at radius 1 is 1.42 bits per heavy atom. The predicted octanol–water partition coefficient (Wildman–Crippen LogP) is 2.08. The van der Waals surface area contributed by atoms with E-state index in [0.717, 1.165) is 12.8 Å². The molecular weight excluding hydrogens is 244 g/mol. The maximum absolute atomic E-state index is 12.0. The molecule has 5 unspecified atom stereocenters. The molecule has 2 aliphatic carbocycles. The lowest BCUT2D eigenvalue weighted by atomic mass is 9.72. The van der Waals surface area contributed by atoms with Gasteiger partial charge in [-0.15, -0.1) is 0 Å². The summed E-state index contributed by atoms with van der Waals surface area (Å²) in [6, 6.07) is 0. The largest absolute Gasteiger partial charge is 0.459 e. The van der Waals surface area contributed by atoms with Gasteiger partial charge in [0.05, 0.1) is 5.92 Å². The average Bonchev–Trinajstić information content (AvgIpc) is 2.90. The van der Waals surface area contributed by atoms with Crippen LogP contribution in [0.25, 0.3) is 0 Å². The first-order valence-electron chi connectivity index (χ1n) is 6.90. The first-order chi connectivity index (χ1) is 8.81.